The fourth-order valence-electron chi connectivity index (χ4n) is 15.9. The van der Waals surface area contributed by atoms with Crippen LogP contribution in [-0.4, -0.2) is 95.5 Å². The Balaban J connectivity index is 0.000000871. The van der Waals surface area contributed by atoms with Crippen molar-refractivity contribution >= 4 is 23.8 Å². The number of aliphatic carboxylic acids is 1. The van der Waals surface area contributed by atoms with E-state index in [9.17, 15) is 19.5 Å². The summed E-state index contributed by atoms with van der Waals surface area (Å²) in [5.41, 5.74) is -0.492. The average molecular weight is 882 g/mol. The van der Waals surface area contributed by atoms with Crippen LogP contribution in [0, 0.1) is 73.4 Å². The standard InChI is InChI=1S/C48H76N2O6.C4H11NO2/c1-29(2)30-17-22-48(40(53)49-35-27-32(43(35,5)6)39(52)50-25-13-12-14-26-50)24-23-46(10)31(38(30)48)15-16-34-45(9)20-19-36(56-37(51)28-42(3,4)41(54)55)44(7,8)33(45)18-21-47(34,46)11;6-3-1-5-2-4-7/h30-36,38H,1,12-28H2,2-11H3,(H,49,53)(H,54,55);5-7H,1-4H2/t30-,31?,32+,33?,34?,35+,36-,38?,45-,46+,47+,48-;/m0./s1. The molecule has 1 aliphatic heterocycles. The van der Waals surface area contributed by atoms with Crippen molar-refractivity contribution in [2.75, 3.05) is 39.4 Å². The molecule has 63 heavy (non-hydrogen) atoms. The first kappa shape index (κ1) is 49.9. The van der Waals surface area contributed by atoms with Gasteiger partial charge in [-0.15, -0.1) is 0 Å². The Morgan fingerprint density at radius 2 is 1.43 bits per heavy atom. The molecule has 11 nitrogen and oxygen atoms in total. The quantitative estimate of drug-likeness (QED) is 0.0739. The second-order valence-electron chi connectivity index (χ2n) is 24.3. The van der Waals surface area contributed by atoms with Crippen molar-refractivity contribution in [3.05, 3.63) is 12.2 Å². The summed E-state index contributed by atoms with van der Waals surface area (Å²) in [6, 6.07) is 0.0193. The Labute approximate surface area is 380 Å². The number of allylic oxidation sites excluding steroid dienone is 1. The number of nitrogens with zero attached hydrogens (tertiary/aromatic N) is 1. The summed E-state index contributed by atoms with van der Waals surface area (Å²) in [7, 11) is 0. The molecule has 4 unspecified atom stereocenters. The number of carbonyl (C=O) groups is 4. The molecule has 0 spiro atoms. The Morgan fingerprint density at radius 1 is 0.778 bits per heavy atom. The van der Waals surface area contributed by atoms with E-state index in [0.29, 0.717) is 42.7 Å². The number of carboxylic acid groups (broad SMARTS) is 1. The van der Waals surface area contributed by atoms with Crippen LogP contribution in [0.1, 0.15) is 166 Å². The molecular weight excluding hydrogens is 795 g/mol. The Kier molecular flexibility index (Phi) is 14.5. The number of hydrogen-bond donors (Lipinski definition) is 5. The SMILES string of the molecule is C=C(C)[C@@H]1CC[C@]2(C(=O)N[C@@H]3C[C@H](C(=O)N4CCCCC4)C3(C)C)CC[C@]3(C)C(CCC4[C@@]5(C)CC[C@H](OC(=O)CC(C)(C)C(=O)O)C(C)(C)C5CC[C@]43C)C12.OCCNCCO. The van der Waals surface area contributed by atoms with Crippen LogP contribution >= 0.6 is 0 Å². The van der Waals surface area contributed by atoms with E-state index in [2.05, 4.69) is 77.5 Å². The molecule has 12 atom stereocenters. The largest absolute Gasteiger partial charge is 0.481 e. The third-order valence-corrected chi connectivity index (χ3v) is 20.0. The molecule has 7 aliphatic rings. The summed E-state index contributed by atoms with van der Waals surface area (Å²) in [5, 5.41) is 32.4. The summed E-state index contributed by atoms with van der Waals surface area (Å²) in [4.78, 5) is 55.6. The van der Waals surface area contributed by atoms with Crippen molar-refractivity contribution in [2.24, 2.45) is 73.4 Å². The molecule has 2 amide bonds. The molecule has 6 aliphatic carbocycles. The van der Waals surface area contributed by atoms with Gasteiger partial charge < -0.3 is 35.6 Å². The third kappa shape index (κ3) is 8.57. The van der Waals surface area contributed by atoms with Gasteiger partial charge in [-0.3, -0.25) is 19.2 Å². The van der Waals surface area contributed by atoms with Gasteiger partial charge in [-0.1, -0.05) is 60.6 Å². The number of rotatable bonds is 12. The minimum Gasteiger partial charge on any atom is -0.481 e. The summed E-state index contributed by atoms with van der Waals surface area (Å²) in [6.45, 7) is 29.9. The number of carbonyl (C=O) groups excluding carboxylic acids is 3. The van der Waals surface area contributed by atoms with Gasteiger partial charge in [0.25, 0.3) is 0 Å². The molecule has 7 fully saturated rings. The topological polar surface area (TPSA) is 166 Å². The van der Waals surface area contributed by atoms with E-state index >= 15 is 4.79 Å². The number of amides is 2. The molecule has 0 aromatic heterocycles. The van der Waals surface area contributed by atoms with Crippen LogP contribution in [0.2, 0.25) is 0 Å². The van der Waals surface area contributed by atoms with Gasteiger partial charge >= 0.3 is 11.9 Å². The first-order chi connectivity index (χ1) is 29.4. The second-order valence-corrected chi connectivity index (χ2v) is 24.3. The molecule has 6 saturated carbocycles. The number of ether oxygens (including phenoxy) is 1. The summed E-state index contributed by atoms with van der Waals surface area (Å²) in [6.07, 6.45) is 14.0. The smallest absolute Gasteiger partial charge is 0.309 e. The predicted octanol–water partition coefficient (Wildman–Crippen LogP) is 8.16. The van der Waals surface area contributed by atoms with Gasteiger partial charge in [-0.25, -0.2) is 0 Å². The third-order valence-electron chi connectivity index (χ3n) is 20.0. The molecule has 0 radical (unpaired) electrons. The van der Waals surface area contributed by atoms with Crippen molar-refractivity contribution < 1.29 is 39.2 Å². The zero-order chi connectivity index (χ0) is 46.6. The zero-order valence-corrected chi connectivity index (χ0v) is 41.0. The van der Waals surface area contributed by atoms with Gasteiger partial charge in [0.2, 0.25) is 11.8 Å². The van der Waals surface area contributed by atoms with Crippen LogP contribution in [0.25, 0.3) is 0 Å². The first-order valence-corrected chi connectivity index (χ1v) is 25.0. The minimum atomic E-state index is -1.16. The number of aliphatic hydroxyl groups excluding tert-OH is 2. The lowest BCUT2D eigenvalue weighted by atomic mass is 9.32. The van der Waals surface area contributed by atoms with E-state index in [1.165, 1.54) is 12.0 Å². The molecule has 0 bridgehead atoms. The van der Waals surface area contributed by atoms with Crippen LogP contribution in [-0.2, 0) is 23.9 Å². The maximum absolute atomic E-state index is 15.0. The Hall–Kier alpha value is -2.50. The Morgan fingerprint density at radius 3 is 2.02 bits per heavy atom. The van der Waals surface area contributed by atoms with Crippen LogP contribution in [0.5, 0.6) is 0 Å². The van der Waals surface area contributed by atoms with Crippen molar-refractivity contribution in [1.29, 1.82) is 0 Å². The van der Waals surface area contributed by atoms with Gasteiger partial charge in [0.15, 0.2) is 0 Å². The molecule has 1 heterocycles. The maximum Gasteiger partial charge on any atom is 0.309 e. The van der Waals surface area contributed by atoms with E-state index in [-0.39, 0.29) is 76.6 Å². The molecule has 11 heteroatoms. The van der Waals surface area contributed by atoms with Crippen LogP contribution < -0.4 is 10.6 Å². The van der Waals surface area contributed by atoms with Gasteiger partial charge in [0.1, 0.15) is 6.10 Å². The van der Waals surface area contributed by atoms with Crippen molar-refractivity contribution in [1.82, 2.24) is 15.5 Å². The number of fused-ring (bicyclic) bond motifs is 7. The van der Waals surface area contributed by atoms with Crippen LogP contribution in [0.15, 0.2) is 12.2 Å². The second kappa shape index (κ2) is 18.3. The molecule has 5 N–H and O–H groups in total. The summed E-state index contributed by atoms with van der Waals surface area (Å²) < 4.78 is 6.20. The van der Waals surface area contributed by atoms with Gasteiger partial charge in [-0.2, -0.15) is 0 Å². The fraction of sp³-hybridized carbons (Fsp3) is 0.885. The molecular formula is C52H87N3O8. The zero-order valence-electron chi connectivity index (χ0n) is 41.0. The number of aliphatic hydroxyl groups is 2. The number of nitrogens with one attached hydrogen (secondary N) is 2. The van der Waals surface area contributed by atoms with E-state index < -0.39 is 22.8 Å². The number of likely N-dealkylation sites (tertiary alicyclic amines) is 1. The van der Waals surface area contributed by atoms with E-state index in [1.807, 2.05) is 0 Å². The normalized spacial score (nSPS) is 40.0. The van der Waals surface area contributed by atoms with Crippen LogP contribution in [0.3, 0.4) is 0 Å². The van der Waals surface area contributed by atoms with E-state index in [1.54, 1.807) is 13.8 Å². The monoisotopic (exact) mass is 882 g/mol. The Bertz CT molecular complexity index is 1720. The van der Waals surface area contributed by atoms with Crippen molar-refractivity contribution in [2.45, 2.75) is 178 Å². The van der Waals surface area contributed by atoms with E-state index in [0.717, 1.165) is 96.6 Å². The molecule has 0 aromatic rings. The number of esters is 1. The molecule has 358 valence electrons. The average Bonchev–Trinajstić information content (AvgIpc) is 3.62. The van der Waals surface area contributed by atoms with Gasteiger partial charge in [-0.05, 0) is 162 Å². The van der Waals surface area contributed by atoms with Crippen LogP contribution in [0.4, 0.5) is 0 Å². The van der Waals surface area contributed by atoms with Gasteiger partial charge in [0.05, 0.1) is 30.5 Å². The first-order valence-electron chi connectivity index (χ1n) is 25.0. The van der Waals surface area contributed by atoms with E-state index in [4.69, 9.17) is 14.9 Å². The maximum atomic E-state index is 15.0. The predicted molar refractivity (Wildman–Crippen MR) is 246 cm³/mol. The highest BCUT2D eigenvalue weighted by Crippen LogP contribution is 2.77. The highest BCUT2D eigenvalue weighted by atomic mass is 16.5. The molecule has 7 rings (SSSR count). The fourth-order valence-corrected chi connectivity index (χ4v) is 15.9. The number of carboxylic acids is 1. The number of piperidine rings is 1. The highest BCUT2D eigenvalue weighted by Gasteiger charge is 2.72. The van der Waals surface area contributed by atoms with Crippen molar-refractivity contribution in [3.8, 4) is 0 Å². The lowest BCUT2D eigenvalue weighted by molar-refractivity contribution is -0.249. The lowest BCUT2D eigenvalue weighted by Gasteiger charge is -2.73. The molecule has 0 aromatic carbocycles. The summed E-state index contributed by atoms with van der Waals surface area (Å²) >= 11 is 0. The number of hydrogen-bond acceptors (Lipinski definition) is 8. The molecule has 1 saturated heterocycles. The van der Waals surface area contributed by atoms with Crippen molar-refractivity contribution in [3.63, 3.8) is 0 Å². The highest BCUT2D eigenvalue weighted by molar-refractivity contribution is 5.86. The lowest BCUT2D eigenvalue weighted by Crippen LogP contribution is -2.68. The van der Waals surface area contributed by atoms with Gasteiger partial charge in [0, 0.05) is 43.6 Å². The minimum absolute atomic E-state index is 0.0193. The summed E-state index contributed by atoms with van der Waals surface area (Å²) in [5.74, 6) is 1.12.